The highest BCUT2D eigenvalue weighted by atomic mass is 19.4. The third kappa shape index (κ3) is 8.13. The maximum atomic E-state index is 13.4. The van der Waals surface area contributed by atoms with Gasteiger partial charge in [-0.1, -0.05) is 50.3 Å². The SMILES string of the molecule is COc1ccccc1C([CH]Cc1cc(C(F)(F)F)cc(C(F)(F)F)c1)N1CCN(CCC2CCCCC2)CC1. The summed E-state index contributed by atoms with van der Waals surface area (Å²) in [7, 11) is 1.56. The Bertz CT molecular complexity index is 1020. The first-order valence-corrected chi connectivity index (χ1v) is 13.8. The van der Waals surface area contributed by atoms with Gasteiger partial charge in [0.15, 0.2) is 0 Å². The highest BCUT2D eigenvalue weighted by Crippen LogP contribution is 2.38. The van der Waals surface area contributed by atoms with Crippen LogP contribution in [0.25, 0.3) is 0 Å². The topological polar surface area (TPSA) is 15.7 Å². The minimum absolute atomic E-state index is 0.0248. The summed E-state index contributed by atoms with van der Waals surface area (Å²) in [5.41, 5.74) is -1.76. The Hall–Kier alpha value is -2.26. The van der Waals surface area contributed by atoms with Gasteiger partial charge in [0, 0.05) is 37.8 Å². The molecule has 0 N–H and O–H groups in total. The molecule has 2 aromatic rings. The summed E-state index contributed by atoms with van der Waals surface area (Å²) >= 11 is 0. The summed E-state index contributed by atoms with van der Waals surface area (Å²) in [6.07, 6.45) is -0.142. The van der Waals surface area contributed by atoms with E-state index in [4.69, 9.17) is 4.74 Å². The molecule has 4 rings (SSSR count). The predicted molar refractivity (Wildman–Crippen MR) is 139 cm³/mol. The molecule has 1 unspecified atom stereocenters. The van der Waals surface area contributed by atoms with E-state index in [0.717, 1.165) is 56.3 Å². The zero-order valence-electron chi connectivity index (χ0n) is 22.3. The van der Waals surface area contributed by atoms with Crippen LogP contribution in [0.5, 0.6) is 5.75 Å². The number of benzene rings is 2. The third-order valence-corrected chi connectivity index (χ3v) is 8.06. The Balaban J connectivity index is 1.49. The molecule has 3 nitrogen and oxygen atoms in total. The molecule has 9 heteroatoms. The number of para-hydroxylation sites is 1. The van der Waals surface area contributed by atoms with Gasteiger partial charge < -0.3 is 9.64 Å². The van der Waals surface area contributed by atoms with Crippen molar-refractivity contribution in [3.63, 3.8) is 0 Å². The summed E-state index contributed by atoms with van der Waals surface area (Å²) in [5.74, 6) is 1.44. The van der Waals surface area contributed by atoms with Crippen LogP contribution >= 0.6 is 0 Å². The first kappa shape index (κ1) is 29.7. The highest BCUT2D eigenvalue weighted by molar-refractivity contribution is 5.39. The predicted octanol–water partition coefficient (Wildman–Crippen LogP) is 7.81. The Morgan fingerprint density at radius 3 is 2.08 bits per heavy atom. The second kappa shape index (κ2) is 12.9. The minimum atomic E-state index is -4.87. The number of rotatable bonds is 9. The molecular formula is C30H37F6N2O. The van der Waals surface area contributed by atoms with E-state index in [1.165, 1.54) is 38.5 Å². The monoisotopic (exact) mass is 555 g/mol. The van der Waals surface area contributed by atoms with E-state index in [0.29, 0.717) is 5.75 Å². The molecule has 0 spiro atoms. The average molecular weight is 556 g/mol. The average Bonchev–Trinajstić information content (AvgIpc) is 2.92. The summed E-state index contributed by atoms with van der Waals surface area (Å²) in [4.78, 5) is 4.71. The summed E-state index contributed by atoms with van der Waals surface area (Å²) in [6.45, 7) is 4.30. The fourth-order valence-electron chi connectivity index (χ4n) is 5.87. The molecule has 1 aliphatic carbocycles. The molecule has 2 aromatic carbocycles. The number of methoxy groups -OCH3 is 1. The van der Waals surface area contributed by atoms with Crippen molar-refractivity contribution in [3.05, 3.63) is 71.1 Å². The van der Waals surface area contributed by atoms with Gasteiger partial charge in [0.05, 0.1) is 18.2 Å². The van der Waals surface area contributed by atoms with E-state index in [9.17, 15) is 26.3 Å². The van der Waals surface area contributed by atoms with Gasteiger partial charge in [0.25, 0.3) is 0 Å². The molecule has 1 saturated heterocycles. The number of nitrogens with zero attached hydrogens (tertiary/aromatic N) is 2. The van der Waals surface area contributed by atoms with E-state index < -0.39 is 23.5 Å². The van der Waals surface area contributed by atoms with Crippen molar-refractivity contribution >= 4 is 0 Å². The van der Waals surface area contributed by atoms with Crippen LogP contribution in [0.2, 0.25) is 0 Å². The van der Waals surface area contributed by atoms with E-state index in [1.54, 1.807) is 7.11 Å². The molecule has 0 bridgehead atoms. The fourth-order valence-corrected chi connectivity index (χ4v) is 5.87. The zero-order chi connectivity index (χ0) is 28.0. The van der Waals surface area contributed by atoms with Crippen LogP contribution in [0.15, 0.2) is 42.5 Å². The molecule has 2 fully saturated rings. The van der Waals surface area contributed by atoms with E-state index >= 15 is 0 Å². The Morgan fingerprint density at radius 1 is 0.872 bits per heavy atom. The molecule has 215 valence electrons. The number of ether oxygens (including phenoxy) is 1. The van der Waals surface area contributed by atoms with Crippen LogP contribution in [-0.2, 0) is 18.8 Å². The summed E-state index contributed by atoms with van der Waals surface area (Å²) in [5, 5.41) is 0. The number of hydrogen-bond donors (Lipinski definition) is 0. The van der Waals surface area contributed by atoms with Crippen LogP contribution in [0.4, 0.5) is 26.3 Å². The van der Waals surface area contributed by atoms with Crippen LogP contribution < -0.4 is 4.74 Å². The Kier molecular flexibility index (Phi) is 9.86. The van der Waals surface area contributed by atoms with Gasteiger partial charge in [-0.25, -0.2) is 0 Å². The van der Waals surface area contributed by atoms with E-state index in [1.807, 2.05) is 30.7 Å². The second-order valence-electron chi connectivity index (χ2n) is 10.7. The number of piperazine rings is 1. The molecule has 1 heterocycles. The van der Waals surface area contributed by atoms with Gasteiger partial charge in [-0.3, -0.25) is 4.90 Å². The van der Waals surface area contributed by atoms with Crippen LogP contribution in [0.1, 0.15) is 66.8 Å². The van der Waals surface area contributed by atoms with Gasteiger partial charge in [0.1, 0.15) is 5.75 Å². The number of hydrogen-bond acceptors (Lipinski definition) is 3. The van der Waals surface area contributed by atoms with Crippen molar-refractivity contribution in [1.82, 2.24) is 9.80 Å². The normalized spacial score (nSPS) is 19.3. The van der Waals surface area contributed by atoms with Crippen molar-refractivity contribution < 1.29 is 31.1 Å². The van der Waals surface area contributed by atoms with Gasteiger partial charge >= 0.3 is 12.4 Å². The second-order valence-corrected chi connectivity index (χ2v) is 10.7. The lowest BCUT2D eigenvalue weighted by atomic mass is 9.87. The molecule has 39 heavy (non-hydrogen) atoms. The van der Waals surface area contributed by atoms with Gasteiger partial charge in [0.2, 0.25) is 0 Å². The first-order chi connectivity index (χ1) is 18.5. The van der Waals surface area contributed by atoms with Crippen molar-refractivity contribution in [2.75, 3.05) is 39.8 Å². The lowest BCUT2D eigenvalue weighted by Gasteiger charge is -2.40. The fraction of sp³-hybridized carbons (Fsp3) is 0.567. The van der Waals surface area contributed by atoms with Crippen LogP contribution in [0.3, 0.4) is 0 Å². The first-order valence-electron chi connectivity index (χ1n) is 13.8. The zero-order valence-corrected chi connectivity index (χ0v) is 22.3. The van der Waals surface area contributed by atoms with Gasteiger partial charge in [-0.05, 0) is 61.6 Å². The van der Waals surface area contributed by atoms with Crippen molar-refractivity contribution in [2.45, 2.75) is 63.3 Å². The molecule has 0 aromatic heterocycles. The molecule has 2 aliphatic rings. The number of alkyl halides is 6. The van der Waals surface area contributed by atoms with Crippen LogP contribution in [-0.4, -0.2) is 49.6 Å². The van der Waals surface area contributed by atoms with E-state index in [2.05, 4.69) is 9.80 Å². The van der Waals surface area contributed by atoms with Crippen molar-refractivity contribution in [1.29, 1.82) is 0 Å². The highest BCUT2D eigenvalue weighted by Gasteiger charge is 2.37. The minimum Gasteiger partial charge on any atom is -0.496 e. The molecule has 0 amide bonds. The van der Waals surface area contributed by atoms with Gasteiger partial charge in [-0.15, -0.1) is 0 Å². The molecular weight excluding hydrogens is 518 g/mol. The lowest BCUT2D eigenvalue weighted by molar-refractivity contribution is -0.143. The van der Waals surface area contributed by atoms with Crippen molar-refractivity contribution in [2.24, 2.45) is 5.92 Å². The van der Waals surface area contributed by atoms with E-state index in [-0.39, 0.29) is 24.1 Å². The van der Waals surface area contributed by atoms with Crippen molar-refractivity contribution in [3.8, 4) is 5.75 Å². The molecule has 1 atom stereocenters. The Labute approximate surface area is 227 Å². The lowest BCUT2D eigenvalue weighted by Crippen LogP contribution is -2.48. The number of halogens is 6. The molecule has 1 radical (unpaired) electrons. The third-order valence-electron chi connectivity index (χ3n) is 8.06. The van der Waals surface area contributed by atoms with Gasteiger partial charge in [-0.2, -0.15) is 26.3 Å². The molecule has 1 saturated carbocycles. The smallest absolute Gasteiger partial charge is 0.416 e. The van der Waals surface area contributed by atoms with Crippen LogP contribution in [0, 0.1) is 12.3 Å². The maximum absolute atomic E-state index is 13.4. The quantitative estimate of drug-likeness (QED) is 0.294. The summed E-state index contributed by atoms with van der Waals surface area (Å²) < 4.78 is 86.0. The summed E-state index contributed by atoms with van der Waals surface area (Å²) in [6, 6.07) is 8.92. The Morgan fingerprint density at radius 2 is 1.49 bits per heavy atom. The standard InChI is InChI=1S/C30H37F6N2O/c1-39-28-10-6-5-9-26(28)27(38-17-15-37(16-18-38)14-13-22-7-3-2-4-8-22)12-11-23-19-24(29(31,32)33)21-25(20-23)30(34,35)36/h5-6,9-10,12,19-22,27H,2-4,7-8,11,13-18H2,1H3. The molecule has 1 aliphatic heterocycles. The maximum Gasteiger partial charge on any atom is 0.416 e. The largest absolute Gasteiger partial charge is 0.496 e.